The molecule has 14 heterocycles. The Morgan fingerprint density at radius 1 is 0.299 bits per heavy atom. The van der Waals surface area contributed by atoms with Gasteiger partial charge < -0.3 is 147 Å². The van der Waals surface area contributed by atoms with Crippen molar-refractivity contribution >= 4 is 0 Å². The molecule has 0 aliphatic carbocycles. The number of fused-ring (bicyclic) bond motifs is 4. The SMILES string of the molecule is CC1(C)O[C@H]2O[C@H](CO)[C@H](O)[C@H]2O1.CC[C@H]1OC(O)[C@H](O)[C@@H]1N=[N+]=[N-].CC[C@H]1OC[C@H](O)[C@@H]1C.CC[C@H]1OC[C@H](O)[C@@H]1N=[N+]=[N-].CC[C@H]1O[C@@H]2OC(C)(C)O[C@@H]2[C@H]1C.CC[C@H]1O[C@@H]2OC(C)(C)O[C@@H]2[C@H]1N=[N+]=[N-].CC[C@H]1O[C@@H]2OC(C)(C)O[C@@H]2[C@H]1O.C[C@H]1[C@@H](O)CO[C@@H]1C.C[C@H]1[C@@H](O)CO[C@@H]1CO.[Ac].[Ac].[Ac].[N-]=[N+]=N[C@H]1[C@@H](O)CO[C@@H]1CO. The van der Waals surface area contributed by atoms with E-state index >= 15 is 0 Å². The van der Waals surface area contributed by atoms with Gasteiger partial charge in [-0.15, -0.1) is 0 Å². The molecule has 3 radical (unpaired) electrons. The van der Waals surface area contributed by atoms with Gasteiger partial charge in [-0.25, -0.2) is 0 Å². The van der Waals surface area contributed by atoms with E-state index in [9.17, 15) is 25.5 Å². The number of aliphatic hydroxyl groups excluding tert-OH is 12. The third kappa shape index (κ3) is 32.8. The van der Waals surface area contributed by atoms with Gasteiger partial charge in [0.15, 0.2) is 54.6 Å². The van der Waals surface area contributed by atoms with Crippen LogP contribution in [0.4, 0.5) is 0 Å². The van der Waals surface area contributed by atoms with E-state index in [0.29, 0.717) is 56.2 Å². The van der Waals surface area contributed by atoms with Crippen LogP contribution in [-0.2, 0) is 85.3 Å². The third-order valence-electron chi connectivity index (χ3n) is 21.6. The maximum Gasteiger partial charge on any atom is 0.190 e. The molecule has 14 aliphatic rings. The van der Waals surface area contributed by atoms with Crippen molar-refractivity contribution in [1.29, 1.82) is 0 Å². The molecule has 0 spiro atoms. The molecular weight excluding hydrogens is 2190 g/mol. The molecule has 0 aromatic rings. The maximum absolute atomic E-state index is 9.76. The number of nitrogens with zero attached hydrogens (tertiary/aromatic N) is 12. The molecule has 14 aliphatic heterocycles. The van der Waals surface area contributed by atoms with Gasteiger partial charge in [-0.2, -0.15) is 0 Å². The minimum absolute atomic E-state index is 0. The summed E-state index contributed by atoms with van der Waals surface area (Å²) in [7, 11) is 0. The first-order valence-electron chi connectivity index (χ1n) is 39.6. The van der Waals surface area contributed by atoms with Crippen LogP contribution in [0.3, 0.4) is 0 Å². The molecule has 14 saturated heterocycles. The van der Waals surface area contributed by atoms with Crippen LogP contribution in [-0.4, -0.2) is 327 Å². The standard InChI is InChI=1S/C10H18O3.C9H15N3O3.C9H16O4.C8H14O5.C7H14O2.C6H11N3O3.C6H11N3O2.C6H12O3.C6H12O2.C5H9N3O3.3Ac/c1-5-7-6(2)8-9(11-7)13-10(3,4)12-8;1-4-5-6(11-12-10)7-8(13-5)15-9(2,3)14-7;1-4-5-6(10)7-8(11-5)13-9(2,3)12-7;1-8(2)12-6-5(10)4(3-9)11-7(6)13-8;1-3-7-5(2)6(8)4-9-7;1-2-3-4(8-9-7)5(10)6(11)12-3;1-2-5-6(8-9-7)4(10)3-11-5;1-4-5(8)3-9-6(4)2-7;1-4-5(2)8-3-6(4)7;6-8-7-5-3(10)2-11-4(5)1-9;;;/h6-9H,5H2,1-4H3;5-8H,4H2,1-3H3;5-8,10H,4H2,1-3H3;4-7,9-10H,3H2,1-2H3;5-8H,3-4H2,1-2H3;3-6,10-11H,2H2,1H3;4-6,10H,2-3H2,1H3;4-8H,2-3H2,1H3;4-7H,3H2,1-2H3;3-5,9-10H,1-2H2;;;/t6-,7+,8+,9+;2*5-,6+,7-,8-;4-,5+,6-,7-;5-,6-,7+;3-,4-,5-,6?;4-,5+,6-;2*4-,5-,6+;3-,4+,5-;;;/m0111010010.../s1. The maximum atomic E-state index is 9.76. The number of hydrogen-bond acceptors (Lipinski definition) is 34. The van der Waals surface area contributed by atoms with Crippen molar-refractivity contribution in [1.82, 2.24) is 0 Å². The summed E-state index contributed by atoms with van der Waals surface area (Å²) in [5.74, 6) is -1.30. The summed E-state index contributed by atoms with van der Waals surface area (Å²) in [5, 5.41) is 123. The molecule has 1 unspecified atom stereocenters. The Balaban J connectivity index is 0.000000442. The van der Waals surface area contributed by atoms with Gasteiger partial charge in [0.2, 0.25) is 0 Å². The molecule has 14 fully saturated rings. The van der Waals surface area contributed by atoms with Gasteiger partial charge in [-0.3, -0.25) is 0 Å². The molecule has 0 amide bonds. The Hall–Kier alpha value is 0.365. The summed E-state index contributed by atoms with van der Waals surface area (Å²) in [6, 6.07) is -2.00. The predicted molar refractivity (Wildman–Crippen MR) is 399 cm³/mol. The zero-order valence-electron chi connectivity index (χ0n) is 70.9. The monoisotopic (exact) mass is 2330 g/mol. The van der Waals surface area contributed by atoms with E-state index in [4.69, 9.17) is 143 Å². The summed E-state index contributed by atoms with van der Waals surface area (Å²) >= 11 is 0. The zero-order valence-corrected chi connectivity index (χ0v) is 85.2. The summed E-state index contributed by atoms with van der Waals surface area (Å²) in [5.41, 5.74) is 32.9. The minimum Gasteiger partial charge on any atom is -0.394 e. The second-order valence-electron chi connectivity index (χ2n) is 31.7. The Bertz CT molecular complexity index is 2860. The smallest absolute Gasteiger partial charge is 0.190 e. The molecule has 45 heteroatoms. The quantitative estimate of drug-likeness (QED) is 0.0676. The number of ether oxygens (including phenoxy) is 18. The van der Waals surface area contributed by atoms with Gasteiger partial charge >= 0.3 is 0 Å². The van der Waals surface area contributed by atoms with Crippen molar-refractivity contribution in [3.05, 3.63) is 41.8 Å². The normalized spacial score (nSPS) is 42.5. The van der Waals surface area contributed by atoms with Crippen LogP contribution in [0.1, 0.15) is 170 Å². The van der Waals surface area contributed by atoms with Crippen LogP contribution >= 0.6 is 0 Å². The largest absolute Gasteiger partial charge is 0.394 e. The second-order valence-corrected chi connectivity index (χ2v) is 31.7. The average Bonchev–Trinajstić information content (AvgIpc) is 1.53. The summed E-state index contributed by atoms with van der Waals surface area (Å²) in [6.07, 6.45) is -4.66. The molecule has 117 heavy (non-hydrogen) atoms. The average molecular weight is 2330 g/mol. The van der Waals surface area contributed by atoms with Gasteiger partial charge in [-0.1, -0.05) is 89.7 Å². The van der Waals surface area contributed by atoms with Gasteiger partial charge in [0.1, 0.15) is 48.8 Å². The topological polar surface area (TPSA) is 604 Å². The second kappa shape index (κ2) is 54.0. The molecular formula is C72H132Ac3N12O30. The number of azide groups is 4. The Kier molecular flexibility index (Phi) is 52.3. The number of hydrogen-bond donors (Lipinski definition) is 12. The molecule has 669 valence electrons. The minimum atomic E-state index is -1.23. The molecule has 0 aromatic carbocycles. The van der Waals surface area contributed by atoms with Crippen molar-refractivity contribution in [2.75, 3.05) is 52.9 Å². The summed E-state index contributed by atoms with van der Waals surface area (Å²) in [6.45, 7) is 38.0. The van der Waals surface area contributed by atoms with Crippen molar-refractivity contribution in [2.24, 2.45) is 44.1 Å². The van der Waals surface area contributed by atoms with E-state index in [0.717, 1.165) is 32.1 Å². The van der Waals surface area contributed by atoms with E-state index in [2.05, 4.69) is 60.9 Å². The van der Waals surface area contributed by atoms with E-state index in [1.54, 1.807) is 13.8 Å². The van der Waals surface area contributed by atoms with Gasteiger partial charge in [0, 0.05) is 176 Å². The Morgan fingerprint density at radius 2 is 0.607 bits per heavy atom. The third-order valence-corrected chi connectivity index (χ3v) is 21.6. The van der Waals surface area contributed by atoms with Gasteiger partial charge in [-0.05, 0) is 123 Å². The fourth-order valence-corrected chi connectivity index (χ4v) is 14.6. The Morgan fingerprint density at radius 3 is 0.957 bits per heavy atom. The molecule has 0 bridgehead atoms. The van der Waals surface area contributed by atoms with Crippen LogP contribution in [0.15, 0.2) is 20.5 Å². The first-order chi connectivity index (χ1) is 53.7. The van der Waals surface area contributed by atoms with E-state index < -0.39 is 115 Å². The van der Waals surface area contributed by atoms with Gasteiger partial charge in [0.25, 0.3) is 0 Å². The molecule has 12 N–H and O–H groups in total. The summed E-state index contributed by atoms with van der Waals surface area (Å²) < 4.78 is 96.9. The van der Waals surface area contributed by atoms with Crippen LogP contribution in [0, 0.1) is 156 Å². The van der Waals surface area contributed by atoms with Crippen LogP contribution in [0.2, 0.25) is 0 Å². The van der Waals surface area contributed by atoms with Crippen LogP contribution < -0.4 is 0 Å². The molecule has 35 atom stereocenters. The van der Waals surface area contributed by atoms with Crippen LogP contribution in [0.5, 0.6) is 0 Å². The molecule has 0 aromatic heterocycles. The van der Waals surface area contributed by atoms with E-state index in [-0.39, 0.29) is 257 Å². The molecule has 14 rings (SSSR count). The van der Waals surface area contributed by atoms with E-state index in [1.807, 2.05) is 96.9 Å². The number of aliphatic hydroxyl groups is 12. The van der Waals surface area contributed by atoms with Crippen molar-refractivity contribution in [2.45, 2.75) is 383 Å². The van der Waals surface area contributed by atoms with Gasteiger partial charge in [0.05, 0.1) is 162 Å². The fraction of sp³-hybridized carbons (Fsp3) is 1.00. The predicted octanol–water partition coefficient (Wildman–Crippen LogP) is 4.68. The number of rotatable bonds is 13. The van der Waals surface area contributed by atoms with Crippen molar-refractivity contribution in [3.8, 4) is 0 Å². The molecule has 42 nitrogen and oxygen atoms in total. The van der Waals surface area contributed by atoms with Crippen LogP contribution in [0.25, 0.3) is 41.8 Å². The molecule has 0 saturated carbocycles. The first kappa shape index (κ1) is 113. The first-order valence-corrected chi connectivity index (χ1v) is 39.6. The van der Waals surface area contributed by atoms with Crippen molar-refractivity contribution < 1.29 is 279 Å². The van der Waals surface area contributed by atoms with Crippen molar-refractivity contribution in [3.63, 3.8) is 0 Å². The zero-order chi connectivity index (χ0) is 85.5. The fourth-order valence-electron chi connectivity index (χ4n) is 14.6. The van der Waals surface area contributed by atoms with E-state index in [1.165, 1.54) is 0 Å². The summed E-state index contributed by atoms with van der Waals surface area (Å²) in [4.78, 5) is 10.6. The Labute approximate surface area is 792 Å².